The maximum Gasteiger partial charge on any atom is 0.219 e. The molecule has 1 rings (SSSR count). The molecule has 0 aromatic carbocycles. The van der Waals surface area contributed by atoms with Crippen LogP contribution in [-0.2, 0) is 9.47 Å². The molecule has 0 aromatic heterocycles. The predicted molar refractivity (Wildman–Crippen MR) is 54.6 cm³/mol. The first-order valence-electron chi connectivity index (χ1n) is 5.49. The third-order valence-corrected chi connectivity index (χ3v) is 2.64. The standard InChI is InChI=1S/C10H20O6/c1-2-3-4-15-6-10(14)9(13)8(12)7(11)5-16-10/h7-9,11-14H,2-6H2,1H3/t7-,8-,9+,10-/m1/s1. The lowest BCUT2D eigenvalue weighted by atomic mass is 9.97. The summed E-state index contributed by atoms with van der Waals surface area (Å²) in [6, 6.07) is 0. The molecule has 0 saturated carbocycles. The van der Waals surface area contributed by atoms with Crippen molar-refractivity contribution in [1.29, 1.82) is 0 Å². The Balaban J connectivity index is 2.43. The second-order valence-electron chi connectivity index (χ2n) is 4.06. The largest absolute Gasteiger partial charge is 0.388 e. The third kappa shape index (κ3) is 3.13. The first kappa shape index (κ1) is 13.8. The van der Waals surface area contributed by atoms with Gasteiger partial charge in [-0.05, 0) is 6.42 Å². The highest BCUT2D eigenvalue weighted by Crippen LogP contribution is 2.24. The summed E-state index contributed by atoms with van der Waals surface area (Å²) in [6.07, 6.45) is -2.38. The van der Waals surface area contributed by atoms with Gasteiger partial charge in [-0.1, -0.05) is 13.3 Å². The van der Waals surface area contributed by atoms with Crippen molar-refractivity contribution >= 4 is 0 Å². The van der Waals surface area contributed by atoms with Gasteiger partial charge in [0, 0.05) is 6.61 Å². The Labute approximate surface area is 94.4 Å². The van der Waals surface area contributed by atoms with E-state index in [0.29, 0.717) is 6.61 Å². The molecule has 4 N–H and O–H groups in total. The predicted octanol–water partition coefficient (Wildman–Crippen LogP) is -1.40. The van der Waals surface area contributed by atoms with Crippen molar-refractivity contribution < 1.29 is 29.9 Å². The van der Waals surface area contributed by atoms with E-state index in [1.54, 1.807) is 0 Å². The Hall–Kier alpha value is -0.240. The molecule has 0 amide bonds. The summed E-state index contributed by atoms with van der Waals surface area (Å²) in [7, 11) is 0. The van der Waals surface area contributed by atoms with Crippen molar-refractivity contribution in [2.75, 3.05) is 19.8 Å². The average Bonchev–Trinajstić information content (AvgIpc) is 2.28. The zero-order valence-electron chi connectivity index (χ0n) is 9.37. The van der Waals surface area contributed by atoms with E-state index >= 15 is 0 Å². The Bertz CT molecular complexity index is 211. The highest BCUT2D eigenvalue weighted by molar-refractivity contribution is 4.91. The SMILES string of the molecule is CCCCOC[C@@]1(O)OC[C@@H](O)[C@@H](O)[C@@H]1O. The quantitative estimate of drug-likeness (QED) is 0.438. The molecular formula is C10H20O6. The molecule has 96 valence electrons. The minimum atomic E-state index is -1.94. The molecule has 1 aliphatic heterocycles. The molecular weight excluding hydrogens is 216 g/mol. The monoisotopic (exact) mass is 236 g/mol. The van der Waals surface area contributed by atoms with Gasteiger partial charge in [0.25, 0.3) is 0 Å². The van der Waals surface area contributed by atoms with Gasteiger partial charge in [-0.25, -0.2) is 0 Å². The maximum absolute atomic E-state index is 9.86. The van der Waals surface area contributed by atoms with Gasteiger partial charge in [0.15, 0.2) is 0 Å². The minimum absolute atomic E-state index is 0.224. The van der Waals surface area contributed by atoms with Gasteiger partial charge in [0.1, 0.15) is 24.9 Å². The Morgan fingerprint density at radius 1 is 1.38 bits per heavy atom. The molecule has 0 bridgehead atoms. The van der Waals surface area contributed by atoms with Crippen molar-refractivity contribution in [3.8, 4) is 0 Å². The lowest BCUT2D eigenvalue weighted by Gasteiger charge is -2.41. The Morgan fingerprint density at radius 3 is 2.69 bits per heavy atom. The first-order chi connectivity index (χ1) is 7.51. The van der Waals surface area contributed by atoms with Gasteiger partial charge in [-0.2, -0.15) is 0 Å². The molecule has 1 saturated heterocycles. The number of ether oxygens (including phenoxy) is 2. The zero-order valence-corrected chi connectivity index (χ0v) is 9.37. The molecule has 6 heteroatoms. The fraction of sp³-hybridized carbons (Fsp3) is 1.00. The molecule has 6 nitrogen and oxygen atoms in total. The molecule has 0 unspecified atom stereocenters. The van der Waals surface area contributed by atoms with Crippen LogP contribution >= 0.6 is 0 Å². The molecule has 0 radical (unpaired) electrons. The van der Waals surface area contributed by atoms with E-state index in [2.05, 4.69) is 0 Å². The summed E-state index contributed by atoms with van der Waals surface area (Å²) >= 11 is 0. The molecule has 1 fully saturated rings. The van der Waals surface area contributed by atoms with E-state index in [-0.39, 0.29) is 13.2 Å². The van der Waals surface area contributed by atoms with E-state index in [9.17, 15) is 20.4 Å². The van der Waals surface area contributed by atoms with Crippen LogP contribution in [0, 0.1) is 0 Å². The second kappa shape index (κ2) is 5.90. The third-order valence-electron chi connectivity index (χ3n) is 2.64. The minimum Gasteiger partial charge on any atom is -0.388 e. The highest BCUT2D eigenvalue weighted by Gasteiger charge is 2.48. The van der Waals surface area contributed by atoms with Crippen LogP contribution in [0.25, 0.3) is 0 Å². The summed E-state index contributed by atoms with van der Waals surface area (Å²) < 4.78 is 10.1. The number of rotatable bonds is 5. The van der Waals surface area contributed by atoms with Gasteiger partial charge in [0.2, 0.25) is 5.79 Å². The number of aliphatic hydroxyl groups excluding tert-OH is 3. The lowest BCUT2D eigenvalue weighted by Crippen LogP contribution is -2.62. The van der Waals surface area contributed by atoms with E-state index in [0.717, 1.165) is 12.8 Å². The maximum atomic E-state index is 9.86. The smallest absolute Gasteiger partial charge is 0.219 e. The van der Waals surface area contributed by atoms with Crippen LogP contribution in [0.5, 0.6) is 0 Å². The second-order valence-corrected chi connectivity index (χ2v) is 4.06. The Kier molecular flexibility index (Phi) is 5.10. The van der Waals surface area contributed by atoms with Crippen molar-refractivity contribution in [2.45, 2.75) is 43.9 Å². The fourth-order valence-corrected chi connectivity index (χ4v) is 1.48. The van der Waals surface area contributed by atoms with Gasteiger partial charge in [-0.3, -0.25) is 0 Å². The van der Waals surface area contributed by atoms with Crippen LogP contribution in [0.3, 0.4) is 0 Å². The van der Waals surface area contributed by atoms with Crippen LogP contribution in [-0.4, -0.2) is 64.3 Å². The van der Waals surface area contributed by atoms with Gasteiger partial charge in [0.05, 0.1) is 6.61 Å². The summed E-state index contributed by atoms with van der Waals surface area (Å²) in [6.45, 7) is 2.00. The molecule has 1 heterocycles. The highest BCUT2D eigenvalue weighted by atomic mass is 16.7. The van der Waals surface area contributed by atoms with Crippen LogP contribution in [0.15, 0.2) is 0 Å². The van der Waals surface area contributed by atoms with Gasteiger partial charge < -0.3 is 29.9 Å². The van der Waals surface area contributed by atoms with E-state index < -0.39 is 24.1 Å². The first-order valence-corrected chi connectivity index (χ1v) is 5.49. The summed E-state index contributed by atoms with van der Waals surface area (Å²) in [5.41, 5.74) is 0. The normalized spacial score (nSPS) is 39.9. The van der Waals surface area contributed by atoms with Crippen LogP contribution < -0.4 is 0 Å². The van der Waals surface area contributed by atoms with Crippen molar-refractivity contribution in [3.63, 3.8) is 0 Å². The Morgan fingerprint density at radius 2 is 2.06 bits per heavy atom. The zero-order chi connectivity index (χ0) is 12.2. The molecule has 16 heavy (non-hydrogen) atoms. The summed E-state index contributed by atoms with van der Waals surface area (Å²) in [5.74, 6) is -1.94. The fourth-order valence-electron chi connectivity index (χ4n) is 1.48. The lowest BCUT2D eigenvalue weighted by molar-refractivity contribution is -0.335. The van der Waals surface area contributed by atoms with Crippen LogP contribution in [0.1, 0.15) is 19.8 Å². The van der Waals surface area contributed by atoms with Crippen molar-refractivity contribution in [1.82, 2.24) is 0 Å². The molecule has 0 spiro atoms. The molecule has 4 atom stereocenters. The van der Waals surface area contributed by atoms with Crippen molar-refractivity contribution in [3.05, 3.63) is 0 Å². The number of unbranched alkanes of at least 4 members (excludes halogenated alkanes) is 1. The summed E-state index contributed by atoms with van der Waals surface area (Å²) in [4.78, 5) is 0. The van der Waals surface area contributed by atoms with Crippen LogP contribution in [0.4, 0.5) is 0 Å². The number of hydrogen-bond acceptors (Lipinski definition) is 6. The summed E-state index contributed by atoms with van der Waals surface area (Å²) in [5, 5.41) is 38.0. The molecule has 1 aliphatic rings. The van der Waals surface area contributed by atoms with E-state index in [4.69, 9.17) is 9.47 Å². The van der Waals surface area contributed by atoms with E-state index in [1.165, 1.54) is 0 Å². The number of hydrogen-bond donors (Lipinski definition) is 4. The topological polar surface area (TPSA) is 99.4 Å². The molecule has 0 aromatic rings. The molecule has 0 aliphatic carbocycles. The van der Waals surface area contributed by atoms with Crippen molar-refractivity contribution in [2.24, 2.45) is 0 Å². The van der Waals surface area contributed by atoms with Crippen LogP contribution in [0.2, 0.25) is 0 Å². The van der Waals surface area contributed by atoms with E-state index in [1.807, 2.05) is 6.92 Å². The average molecular weight is 236 g/mol. The number of aliphatic hydroxyl groups is 4. The van der Waals surface area contributed by atoms with Gasteiger partial charge >= 0.3 is 0 Å². The van der Waals surface area contributed by atoms with Gasteiger partial charge in [-0.15, -0.1) is 0 Å².